The van der Waals surface area contributed by atoms with Crippen LogP contribution in [-0.4, -0.2) is 11.1 Å². The van der Waals surface area contributed by atoms with Gasteiger partial charge in [0.05, 0.1) is 5.92 Å². The van der Waals surface area contributed by atoms with Crippen molar-refractivity contribution in [1.29, 1.82) is 0 Å². The molecule has 12 heavy (non-hydrogen) atoms. The van der Waals surface area contributed by atoms with Gasteiger partial charge in [-0.2, -0.15) is 0 Å². The van der Waals surface area contributed by atoms with Crippen LogP contribution in [0.15, 0.2) is 0 Å². The average molecular weight is 170 g/mol. The number of hydrogen-bond acceptors (Lipinski definition) is 1. The summed E-state index contributed by atoms with van der Waals surface area (Å²) in [5.74, 6) is -0.132. The van der Waals surface area contributed by atoms with Crippen LogP contribution in [0.4, 0.5) is 0 Å². The minimum Gasteiger partial charge on any atom is -0.481 e. The van der Waals surface area contributed by atoms with Gasteiger partial charge >= 0.3 is 5.97 Å². The molecule has 1 fully saturated rings. The first-order valence-corrected chi connectivity index (χ1v) is 4.98. The summed E-state index contributed by atoms with van der Waals surface area (Å²) < 4.78 is 0. The highest BCUT2D eigenvalue weighted by Crippen LogP contribution is 2.35. The van der Waals surface area contributed by atoms with Gasteiger partial charge in [-0.15, -0.1) is 0 Å². The van der Waals surface area contributed by atoms with Gasteiger partial charge in [0.1, 0.15) is 0 Å². The number of rotatable bonds is 4. The monoisotopic (exact) mass is 170 g/mol. The minimum atomic E-state index is -0.575. The number of carboxylic acid groups (broad SMARTS) is 1. The molecule has 70 valence electrons. The van der Waals surface area contributed by atoms with E-state index in [4.69, 9.17) is 5.11 Å². The molecule has 1 N–H and O–H groups in total. The summed E-state index contributed by atoms with van der Waals surface area (Å²) in [6.45, 7) is 2.16. The Bertz CT molecular complexity index is 154. The zero-order valence-electron chi connectivity index (χ0n) is 7.75. The van der Waals surface area contributed by atoms with Crippen molar-refractivity contribution in [2.45, 2.75) is 45.4 Å². The van der Waals surface area contributed by atoms with E-state index >= 15 is 0 Å². The molecule has 0 heterocycles. The largest absolute Gasteiger partial charge is 0.481 e. The van der Waals surface area contributed by atoms with Gasteiger partial charge < -0.3 is 5.11 Å². The maximum Gasteiger partial charge on any atom is 0.306 e. The standard InChI is InChI=1S/C10H18O2/c1-2-3-5-8-6-4-7-9(8)10(11)12/h8-9H,2-7H2,1H3,(H,11,12). The smallest absolute Gasteiger partial charge is 0.306 e. The fourth-order valence-corrected chi connectivity index (χ4v) is 2.17. The molecule has 0 radical (unpaired) electrons. The molecule has 1 rings (SSSR count). The third-order valence-corrected chi connectivity index (χ3v) is 2.90. The van der Waals surface area contributed by atoms with Crippen molar-refractivity contribution in [3.05, 3.63) is 0 Å². The lowest BCUT2D eigenvalue weighted by Gasteiger charge is -2.14. The normalized spacial score (nSPS) is 29.1. The number of aliphatic carboxylic acids is 1. The summed E-state index contributed by atoms with van der Waals surface area (Å²) in [7, 11) is 0. The lowest BCUT2D eigenvalue weighted by molar-refractivity contribution is -0.143. The van der Waals surface area contributed by atoms with Crippen LogP contribution in [0.2, 0.25) is 0 Å². The van der Waals surface area contributed by atoms with E-state index in [-0.39, 0.29) is 5.92 Å². The molecule has 1 aliphatic rings. The van der Waals surface area contributed by atoms with Crippen LogP contribution in [0, 0.1) is 11.8 Å². The molecular weight excluding hydrogens is 152 g/mol. The van der Waals surface area contributed by atoms with Gasteiger partial charge in [-0.1, -0.05) is 26.2 Å². The molecule has 0 aliphatic heterocycles. The number of carboxylic acids is 1. The second-order valence-corrected chi connectivity index (χ2v) is 3.78. The Kier molecular flexibility index (Phi) is 3.57. The van der Waals surface area contributed by atoms with Gasteiger partial charge in [-0.25, -0.2) is 0 Å². The van der Waals surface area contributed by atoms with Crippen molar-refractivity contribution >= 4 is 5.97 Å². The Morgan fingerprint density at radius 2 is 2.25 bits per heavy atom. The van der Waals surface area contributed by atoms with Crippen LogP contribution in [0.25, 0.3) is 0 Å². The predicted octanol–water partition coefficient (Wildman–Crippen LogP) is 2.68. The number of carbonyl (C=O) groups is 1. The zero-order valence-corrected chi connectivity index (χ0v) is 7.75. The molecule has 0 saturated heterocycles. The topological polar surface area (TPSA) is 37.3 Å². The highest BCUT2D eigenvalue weighted by molar-refractivity contribution is 5.70. The average Bonchev–Trinajstić information content (AvgIpc) is 2.48. The molecule has 0 aromatic carbocycles. The van der Waals surface area contributed by atoms with Gasteiger partial charge in [0.15, 0.2) is 0 Å². The molecular formula is C10H18O2. The zero-order chi connectivity index (χ0) is 8.97. The predicted molar refractivity (Wildman–Crippen MR) is 48.0 cm³/mol. The summed E-state index contributed by atoms with van der Waals surface area (Å²) >= 11 is 0. The lowest BCUT2D eigenvalue weighted by atomic mass is 9.91. The van der Waals surface area contributed by atoms with Gasteiger partial charge in [-0.3, -0.25) is 4.79 Å². The molecule has 2 heteroatoms. The van der Waals surface area contributed by atoms with Crippen LogP contribution in [-0.2, 0) is 4.79 Å². The van der Waals surface area contributed by atoms with E-state index in [2.05, 4.69) is 6.92 Å². The summed E-state index contributed by atoms with van der Waals surface area (Å²) in [4.78, 5) is 10.8. The minimum absolute atomic E-state index is 0.0310. The van der Waals surface area contributed by atoms with E-state index in [1.54, 1.807) is 0 Å². The van der Waals surface area contributed by atoms with Crippen molar-refractivity contribution in [2.75, 3.05) is 0 Å². The molecule has 1 aliphatic carbocycles. The third kappa shape index (κ3) is 2.23. The van der Waals surface area contributed by atoms with Crippen molar-refractivity contribution in [3.63, 3.8) is 0 Å². The first-order chi connectivity index (χ1) is 5.75. The van der Waals surface area contributed by atoms with Gasteiger partial charge in [0, 0.05) is 0 Å². The maximum atomic E-state index is 10.8. The van der Waals surface area contributed by atoms with Gasteiger partial charge in [0.25, 0.3) is 0 Å². The molecule has 2 unspecified atom stereocenters. The van der Waals surface area contributed by atoms with Crippen molar-refractivity contribution < 1.29 is 9.90 Å². The van der Waals surface area contributed by atoms with Crippen LogP contribution in [0.3, 0.4) is 0 Å². The Morgan fingerprint density at radius 1 is 1.50 bits per heavy atom. The van der Waals surface area contributed by atoms with E-state index in [1.165, 1.54) is 12.8 Å². The van der Waals surface area contributed by atoms with Crippen molar-refractivity contribution in [1.82, 2.24) is 0 Å². The van der Waals surface area contributed by atoms with Gasteiger partial charge in [-0.05, 0) is 25.2 Å². The molecule has 0 bridgehead atoms. The van der Waals surface area contributed by atoms with E-state index in [9.17, 15) is 4.79 Å². The third-order valence-electron chi connectivity index (χ3n) is 2.90. The number of unbranched alkanes of at least 4 members (excludes halogenated alkanes) is 1. The SMILES string of the molecule is CCCCC1CCCC1C(=O)O. The Morgan fingerprint density at radius 3 is 2.83 bits per heavy atom. The first-order valence-electron chi connectivity index (χ1n) is 4.98. The van der Waals surface area contributed by atoms with Crippen LogP contribution in [0.5, 0.6) is 0 Å². The van der Waals surface area contributed by atoms with Gasteiger partial charge in [0.2, 0.25) is 0 Å². The molecule has 0 aromatic rings. The quantitative estimate of drug-likeness (QED) is 0.704. The number of hydrogen-bond donors (Lipinski definition) is 1. The van der Waals surface area contributed by atoms with E-state index in [0.29, 0.717) is 5.92 Å². The second kappa shape index (κ2) is 4.48. The van der Waals surface area contributed by atoms with E-state index < -0.39 is 5.97 Å². The fraction of sp³-hybridized carbons (Fsp3) is 0.900. The highest BCUT2D eigenvalue weighted by Gasteiger charge is 2.31. The summed E-state index contributed by atoms with van der Waals surface area (Å²) in [6.07, 6.45) is 6.65. The van der Waals surface area contributed by atoms with E-state index in [0.717, 1.165) is 25.7 Å². The summed E-state index contributed by atoms with van der Waals surface area (Å²) in [5.41, 5.74) is 0. The Balaban J connectivity index is 2.35. The van der Waals surface area contributed by atoms with Crippen LogP contribution >= 0.6 is 0 Å². The molecule has 1 saturated carbocycles. The Labute approximate surface area is 74.0 Å². The van der Waals surface area contributed by atoms with Crippen molar-refractivity contribution in [3.8, 4) is 0 Å². The molecule has 2 atom stereocenters. The summed E-state index contributed by atoms with van der Waals surface area (Å²) in [6, 6.07) is 0. The van der Waals surface area contributed by atoms with Crippen molar-refractivity contribution in [2.24, 2.45) is 11.8 Å². The molecule has 0 amide bonds. The molecule has 2 nitrogen and oxygen atoms in total. The summed E-state index contributed by atoms with van der Waals surface area (Å²) in [5, 5.41) is 8.88. The maximum absolute atomic E-state index is 10.8. The van der Waals surface area contributed by atoms with Crippen LogP contribution < -0.4 is 0 Å². The van der Waals surface area contributed by atoms with E-state index in [1.807, 2.05) is 0 Å². The second-order valence-electron chi connectivity index (χ2n) is 3.78. The first kappa shape index (κ1) is 9.56. The fourth-order valence-electron chi connectivity index (χ4n) is 2.17. The lowest BCUT2D eigenvalue weighted by Crippen LogP contribution is -2.17. The van der Waals surface area contributed by atoms with Crippen LogP contribution in [0.1, 0.15) is 45.4 Å². The molecule has 0 aromatic heterocycles. The molecule has 0 spiro atoms. The Hall–Kier alpha value is -0.530. The highest BCUT2D eigenvalue weighted by atomic mass is 16.4.